The second-order valence-electron chi connectivity index (χ2n) is 5.32. The molecule has 0 aliphatic carbocycles. The summed E-state index contributed by atoms with van der Waals surface area (Å²) in [7, 11) is 0. The quantitative estimate of drug-likeness (QED) is 0.848. The first-order valence-corrected chi connectivity index (χ1v) is 6.45. The van der Waals surface area contributed by atoms with Gasteiger partial charge in [-0.1, -0.05) is 0 Å². The van der Waals surface area contributed by atoms with Crippen molar-refractivity contribution in [3.05, 3.63) is 24.3 Å². The van der Waals surface area contributed by atoms with Crippen LogP contribution in [0.2, 0.25) is 0 Å². The number of carbonyl (C=O) groups is 1. The topological polar surface area (TPSA) is 67.3 Å². The Morgan fingerprint density at radius 2 is 2.16 bits per heavy atom. The normalized spacial score (nSPS) is 17.2. The minimum absolute atomic E-state index is 0.189. The Morgan fingerprint density at radius 1 is 1.42 bits per heavy atom. The van der Waals surface area contributed by atoms with Crippen molar-refractivity contribution >= 4 is 5.91 Å². The van der Waals surface area contributed by atoms with Crippen LogP contribution >= 0.6 is 0 Å². The number of hydrogen-bond donors (Lipinski definition) is 1. The summed E-state index contributed by atoms with van der Waals surface area (Å²) >= 11 is 0. The Labute approximate surface area is 113 Å². The molecular formula is C13H20N4O2. The molecule has 1 saturated heterocycles. The third-order valence-corrected chi connectivity index (χ3v) is 2.97. The Morgan fingerprint density at radius 3 is 2.79 bits per heavy atom. The third-order valence-electron chi connectivity index (χ3n) is 2.97. The van der Waals surface area contributed by atoms with E-state index in [2.05, 4.69) is 20.2 Å². The molecule has 1 aromatic rings. The Hall–Kier alpha value is -1.53. The fraction of sp³-hybridized carbons (Fsp3) is 0.615. The van der Waals surface area contributed by atoms with E-state index >= 15 is 0 Å². The maximum Gasteiger partial charge on any atom is 0.271 e. The summed E-state index contributed by atoms with van der Waals surface area (Å²) in [6, 6.07) is 0. The van der Waals surface area contributed by atoms with Gasteiger partial charge in [-0.3, -0.25) is 14.7 Å². The minimum atomic E-state index is -0.314. The van der Waals surface area contributed by atoms with Gasteiger partial charge in [0.05, 0.1) is 19.4 Å². The second-order valence-corrected chi connectivity index (χ2v) is 5.32. The van der Waals surface area contributed by atoms with Crippen molar-refractivity contribution < 1.29 is 9.53 Å². The van der Waals surface area contributed by atoms with Gasteiger partial charge in [-0.25, -0.2) is 4.98 Å². The van der Waals surface area contributed by atoms with Crippen molar-refractivity contribution in [1.82, 2.24) is 20.2 Å². The van der Waals surface area contributed by atoms with Crippen LogP contribution < -0.4 is 5.32 Å². The van der Waals surface area contributed by atoms with Crippen LogP contribution in [0.15, 0.2) is 18.6 Å². The van der Waals surface area contributed by atoms with Crippen molar-refractivity contribution in [2.75, 3.05) is 32.8 Å². The van der Waals surface area contributed by atoms with E-state index in [9.17, 15) is 4.79 Å². The van der Waals surface area contributed by atoms with Crippen molar-refractivity contribution in [3.8, 4) is 0 Å². The number of carbonyl (C=O) groups excluding carboxylic acids is 1. The maximum atomic E-state index is 12.0. The van der Waals surface area contributed by atoms with Crippen LogP contribution in [-0.4, -0.2) is 59.2 Å². The van der Waals surface area contributed by atoms with Crippen LogP contribution in [0.5, 0.6) is 0 Å². The zero-order chi connectivity index (χ0) is 13.7. The average molecular weight is 264 g/mol. The molecule has 19 heavy (non-hydrogen) atoms. The van der Waals surface area contributed by atoms with Crippen molar-refractivity contribution in [3.63, 3.8) is 0 Å². The zero-order valence-electron chi connectivity index (χ0n) is 11.4. The summed E-state index contributed by atoms with van der Waals surface area (Å²) in [6.45, 7) is 8.15. The first-order valence-electron chi connectivity index (χ1n) is 6.45. The van der Waals surface area contributed by atoms with Gasteiger partial charge in [0.15, 0.2) is 0 Å². The molecule has 0 saturated carbocycles. The highest BCUT2D eigenvalue weighted by Gasteiger charge is 2.25. The molecule has 1 N–H and O–H groups in total. The summed E-state index contributed by atoms with van der Waals surface area (Å²) in [5.41, 5.74) is 0.0314. The lowest BCUT2D eigenvalue weighted by Crippen LogP contribution is -2.53. The van der Waals surface area contributed by atoms with Crippen LogP contribution in [0, 0.1) is 0 Å². The number of hydrogen-bond acceptors (Lipinski definition) is 5. The predicted octanol–water partition coefficient (Wildman–Crippen LogP) is 0.317. The third kappa shape index (κ3) is 4.25. The van der Waals surface area contributed by atoms with E-state index in [4.69, 9.17) is 4.74 Å². The lowest BCUT2D eigenvalue weighted by Gasteiger charge is -2.35. The van der Waals surface area contributed by atoms with Gasteiger partial charge in [-0.2, -0.15) is 0 Å². The van der Waals surface area contributed by atoms with Gasteiger partial charge in [-0.05, 0) is 13.8 Å². The molecule has 1 aromatic heterocycles. The van der Waals surface area contributed by atoms with Gasteiger partial charge >= 0.3 is 0 Å². The summed E-state index contributed by atoms with van der Waals surface area (Å²) in [5.74, 6) is -0.189. The highest BCUT2D eigenvalue weighted by atomic mass is 16.5. The molecule has 0 spiro atoms. The smallest absolute Gasteiger partial charge is 0.271 e. The highest BCUT2D eigenvalue weighted by molar-refractivity contribution is 5.92. The van der Waals surface area contributed by atoms with Gasteiger partial charge in [-0.15, -0.1) is 0 Å². The fourth-order valence-electron chi connectivity index (χ4n) is 2.15. The molecule has 1 fully saturated rings. The van der Waals surface area contributed by atoms with Gasteiger partial charge < -0.3 is 10.1 Å². The maximum absolute atomic E-state index is 12.0. The molecule has 1 aliphatic rings. The molecule has 0 unspecified atom stereocenters. The monoisotopic (exact) mass is 264 g/mol. The van der Waals surface area contributed by atoms with Crippen LogP contribution in [0.4, 0.5) is 0 Å². The van der Waals surface area contributed by atoms with Crippen LogP contribution in [-0.2, 0) is 4.74 Å². The largest absolute Gasteiger partial charge is 0.379 e. The molecule has 0 radical (unpaired) electrons. The first kappa shape index (κ1) is 13.9. The molecule has 104 valence electrons. The SMILES string of the molecule is CC(C)(CN1CCOCC1)NC(=O)c1cnccn1. The van der Waals surface area contributed by atoms with Gasteiger partial charge in [0.1, 0.15) is 5.69 Å². The van der Waals surface area contributed by atoms with Crippen LogP contribution in [0.1, 0.15) is 24.3 Å². The number of rotatable bonds is 4. The number of aromatic nitrogens is 2. The van der Waals surface area contributed by atoms with Crippen LogP contribution in [0.3, 0.4) is 0 Å². The Kier molecular flexibility index (Phi) is 4.44. The summed E-state index contributed by atoms with van der Waals surface area (Å²) < 4.78 is 5.32. The number of nitrogens with zero attached hydrogens (tertiary/aromatic N) is 3. The van der Waals surface area contributed by atoms with Crippen LogP contribution in [0.25, 0.3) is 0 Å². The molecule has 2 heterocycles. The van der Waals surface area contributed by atoms with E-state index in [-0.39, 0.29) is 11.4 Å². The number of amides is 1. The number of nitrogens with one attached hydrogen (secondary N) is 1. The molecular weight excluding hydrogens is 244 g/mol. The summed E-state index contributed by atoms with van der Waals surface area (Å²) in [5, 5.41) is 3.00. The molecule has 2 rings (SSSR count). The molecule has 1 aliphatic heterocycles. The summed E-state index contributed by atoms with van der Waals surface area (Å²) in [6.07, 6.45) is 4.54. The standard InChI is InChI=1S/C13H20N4O2/c1-13(2,10-17-5-7-19-8-6-17)16-12(18)11-9-14-3-4-15-11/h3-4,9H,5-8,10H2,1-2H3,(H,16,18). The molecule has 0 aromatic carbocycles. The van der Waals surface area contributed by atoms with E-state index < -0.39 is 0 Å². The fourth-order valence-corrected chi connectivity index (χ4v) is 2.15. The first-order chi connectivity index (χ1) is 9.07. The van der Waals surface area contributed by atoms with E-state index in [0.717, 1.165) is 32.8 Å². The van der Waals surface area contributed by atoms with E-state index in [1.165, 1.54) is 12.4 Å². The lowest BCUT2D eigenvalue weighted by atomic mass is 10.0. The van der Waals surface area contributed by atoms with E-state index in [1.807, 2.05) is 13.8 Å². The van der Waals surface area contributed by atoms with Gasteiger partial charge in [0.2, 0.25) is 0 Å². The average Bonchev–Trinajstić information content (AvgIpc) is 2.39. The molecule has 6 nitrogen and oxygen atoms in total. The lowest BCUT2D eigenvalue weighted by molar-refractivity contribution is 0.0268. The molecule has 0 bridgehead atoms. The van der Waals surface area contributed by atoms with Crippen molar-refractivity contribution in [2.45, 2.75) is 19.4 Å². The Balaban J connectivity index is 1.91. The molecule has 1 amide bonds. The Bertz CT molecular complexity index is 416. The van der Waals surface area contributed by atoms with Crippen molar-refractivity contribution in [1.29, 1.82) is 0 Å². The number of ether oxygens (including phenoxy) is 1. The zero-order valence-corrected chi connectivity index (χ0v) is 11.4. The molecule has 0 atom stereocenters. The summed E-state index contributed by atoms with van der Waals surface area (Å²) in [4.78, 5) is 22.2. The highest BCUT2D eigenvalue weighted by Crippen LogP contribution is 2.09. The van der Waals surface area contributed by atoms with Crippen molar-refractivity contribution in [2.24, 2.45) is 0 Å². The minimum Gasteiger partial charge on any atom is -0.379 e. The van der Waals surface area contributed by atoms with Gasteiger partial charge in [0.25, 0.3) is 5.91 Å². The van der Waals surface area contributed by atoms with E-state index in [1.54, 1.807) is 6.20 Å². The number of morpholine rings is 1. The van der Waals surface area contributed by atoms with Gasteiger partial charge in [0, 0.05) is 37.6 Å². The predicted molar refractivity (Wildman–Crippen MR) is 70.8 cm³/mol. The molecule has 6 heteroatoms. The van der Waals surface area contributed by atoms with E-state index in [0.29, 0.717) is 5.69 Å². The second kappa shape index (κ2) is 6.08.